The SMILES string of the molecule is CCCCC1CCC1N(C)C(O)CCC. The van der Waals surface area contributed by atoms with Crippen LogP contribution in [0, 0.1) is 5.92 Å². The summed E-state index contributed by atoms with van der Waals surface area (Å²) < 4.78 is 0. The summed E-state index contributed by atoms with van der Waals surface area (Å²) in [5.41, 5.74) is 0. The van der Waals surface area contributed by atoms with Gasteiger partial charge in [0, 0.05) is 6.04 Å². The second kappa shape index (κ2) is 6.49. The molecule has 0 aliphatic heterocycles. The van der Waals surface area contributed by atoms with Gasteiger partial charge >= 0.3 is 0 Å². The summed E-state index contributed by atoms with van der Waals surface area (Å²) in [5, 5.41) is 9.92. The van der Waals surface area contributed by atoms with E-state index in [9.17, 15) is 5.11 Å². The number of hydrogen-bond donors (Lipinski definition) is 1. The zero-order valence-electron chi connectivity index (χ0n) is 10.6. The number of aliphatic hydroxyl groups excluding tert-OH is 1. The van der Waals surface area contributed by atoms with Crippen molar-refractivity contribution in [1.82, 2.24) is 4.90 Å². The van der Waals surface area contributed by atoms with Crippen molar-refractivity contribution in [1.29, 1.82) is 0 Å². The van der Waals surface area contributed by atoms with Gasteiger partial charge in [0.1, 0.15) is 6.23 Å². The van der Waals surface area contributed by atoms with Crippen molar-refractivity contribution in [2.75, 3.05) is 7.05 Å². The minimum atomic E-state index is -0.218. The van der Waals surface area contributed by atoms with Crippen LogP contribution in [0.1, 0.15) is 58.8 Å². The summed E-state index contributed by atoms with van der Waals surface area (Å²) in [5.74, 6) is 0.849. The van der Waals surface area contributed by atoms with E-state index >= 15 is 0 Å². The third-order valence-corrected chi connectivity index (χ3v) is 3.85. The van der Waals surface area contributed by atoms with E-state index in [2.05, 4.69) is 25.8 Å². The number of aliphatic hydroxyl groups is 1. The van der Waals surface area contributed by atoms with Crippen molar-refractivity contribution >= 4 is 0 Å². The van der Waals surface area contributed by atoms with Crippen LogP contribution in [0.25, 0.3) is 0 Å². The molecule has 1 aliphatic carbocycles. The van der Waals surface area contributed by atoms with E-state index in [0.717, 1.165) is 18.8 Å². The minimum absolute atomic E-state index is 0.218. The molecule has 3 unspecified atom stereocenters. The van der Waals surface area contributed by atoms with E-state index in [-0.39, 0.29) is 6.23 Å². The molecule has 1 N–H and O–H groups in total. The fraction of sp³-hybridized carbons (Fsp3) is 1.00. The molecule has 0 aromatic rings. The van der Waals surface area contributed by atoms with Crippen LogP contribution in [0.3, 0.4) is 0 Å². The van der Waals surface area contributed by atoms with Gasteiger partial charge in [-0.05, 0) is 38.6 Å². The van der Waals surface area contributed by atoms with Crippen LogP contribution in [0.4, 0.5) is 0 Å². The fourth-order valence-electron chi connectivity index (χ4n) is 2.57. The van der Waals surface area contributed by atoms with Gasteiger partial charge in [0.2, 0.25) is 0 Å². The molecule has 3 atom stereocenters. The highest BCUT2D eigenvalue weighted by Crippen LogP contribution is 2.36. The number of nitrogens with zero attached hydrogens (tertiary/aromatic N) is 1. The summed E-state index contributed by atoms with van der Waals surface area (Å²) in [6, 6.07) is 0.651. The molecule has 0 radical (unpaired) electrons. The lowest BCUT2D eigenvalue weighted by Gasteiger charge is -2.44. The highest BCUT2D eigenvalue weighted by atomic mass is 16.3. The van der Waals surface area contributed by atoms with Crippen LogP contribution in [0.2, 0.25) is 0 Å². The van der Waals surface area contributed by atoms with Crippen LogP contribution in [0.15, 0.2) is 0 Å². The molecule has 1 saturated carbocycles. The maximum Gasteiger partial charge on any atom is 0.107 e. The molecule has 2 heteroatoms. The highest BCUT2D eigenvalue weighted by Gasteiger charge is 2.35. The van der Waals surface area contributed by atoms with E-state index in [1.165, 1.54) is 32.1 Å². The lowest BCUT2D eigenvalue weighted by Crippen LogP contribution is -2.49. The first kappa shape index (κ1) is 13.0. The number of hydrogen-bond acceptors (Lipinski definition) is 2. The molecule has 0 aromatic heterocycles. The summed E-state index contributed by atoms with van der Waals surface area (Å²) in [7, 11) is 2.09. The molecule has 1 fully saturated rings. The Morgan fingerprint density at radius 3 is 2.47 bits per heavy atom. The molecule has 0 saturated heterocycles. The molecule has 90 valence electrons. The van der Waals surface area contributed by atoms with Crippen LogP contribution in [-0.4, -0.2) is 29.3 Å². The summed E-state index contributed by atoms with van der Waals surface area (Å²) in [4.78, 5) is 2.20. The zero-order chi connectivity index (χ0) is 11.3. The third kappa shape index (κ3) is 3.46. The predicted octanol–water partition coefficient (Wildman–Crippen LogP) is 3.01. The quantitative estimate of drug-likeness (QED) is 0.657. The molecule has 0 aromatic carbocycles. The van der Waals surface area contributed by atoms with Gasteiger partial charge in [-0.3, -0.25) is 4.90 Å². The molecule has 15 heavy (non-hydrogen) atoms. The average Bonchev–Trinajstić information content (AvgIpc) is 2.17. The zero-order valence-corrected chi connectivity index (χ0v) is 10.6. The molecule has 2 nitrogen and oxygen atoms in total. The maximum atomic E-state index is 9.92. The van der Waals surface area contributed by atoms with E-state index in [1.54, 1.807) is 0 Å². The minimum Gasteiger partial charge on any atom is -0.378 e. The van der Waals surface area contributed by atoms with Gasteiger partial charge in [-0.25, -0.2) is 0 Å². The lowest BCUT2D eigenvalue weighted by molar-refractivity contribution is -0.0582. The summed E-state index contributed by atoms with van der Waals surface area (Å²) in [6.07, 6.45) is 8.41. The van der Waals surface area contributed by atoms with Gasteiger partial charge in [0.25, 0.3) is 0 Å². The Balaban J connectivity index is 2.29. The van der Waals surface area contributed by atoms with E-state index in [1.807, 2.05) is 0 Å². The first-order chi connectivity index (χ1) is 7.20. The second-order valence-corrected chi connectivity index (χ2v) is 4.98. The van der Waals surface area contributed by atoms with Gasteiger partial charge in [-0.1, -0.05) is 33.1 Å². The highest BCUT2D eigenvalue weighted by molar-refractivity contribution is 4.88. The van der Waals surface area contributed by atoms with Gasteiger partial charge < -0.3 is 5.11 Å². The predicted molar refractivity (Wildman–Crippen MR) is 64.7 cm³/mol. The van der Waals surface area contributed by atoms with Crippen molar-refractivity contribution in [2.45, 2.75) is 71.1 Å². The molecule has 0 bridgehead atoms. The van der Waals surface area contributed by atoms with Gasteiger partial charge in [0.05, 0.1) is 0 Å². The Bertz CT molecular complexity index is 172. The third-order valence-electron chi connectivity index (χ3n) is 3.85. The second-order valence-electron chi connectivity index (χ2n) is 4.98. The molecule has 0 amide bonds. The largest absolute Gasteiger partial charge is 0.378 e. The Kier molecular flexibility index (Phi) is 5.62. The molecule has 1 aliphatic rings. The Hall–Kier alpha value is -0.0800. The van der Waals surface area contributed by atoms with E-state index in [0.29, 0.717) is 6.04 Å². The Morgan fingerprint density at radius 2 is 2.00 bits per heavy atom. The topological polar surface area (TPSA) is 23.5 Å². The first-order valence-electron chi connectivity index (χ1n) is 6.60. The van der Waals surface area contributed by atoms with Crippen LogP contribution in [0.5, 0.6) is 0 Å². The monoisotopic (exact) mass is 213 g/mol. The molecule has 0 heterocycles. The number of unbranched alkanes of at least 4 members (excludes halogenated alkanes) is 1. The van der Waals surface area contributed by atoms with Gasteiger partial charge in [-0.15, -0.1) is 0 Å². The Morgan fingerprint density at radius 1 is 1.27 bits per heavy atom. The molecular formula is C13H27NO. The van der Waals surface area contributed by atoms with Gasteiger partial charge in [0.15, 0.2) is 0 Å². The van der Waals surface area contributed by atoms with Crippen LogP contribution < -0.4 is 0 Å². The fourth-order valence-corrected chi connectivity index (χ4v) is 2.57. The average molecular weight is 213 g/mol. The van der Waals surface area contributed by atoms with E-state index < -0.39 is 0 Å². The van der Waals surface area contributed by atoms with Gasteiger partial charge in [-0.2, -0.15) is 0 Å². The van der Waals surface area contributed by atoms with Crippen LogP contribution >= 0.6 is 0 Å². The van der Waals surface area contributed by atoms with Crippen molar-refractivity contribution in [2.24, 2.45) is 5.92 Å². The standard InChI is InChI=1S/C13H27NO/c1-4-6-8-11-9-10-12(11)14(3)13(15)7-5-2/h11-13,15H,4-10H2,1-3H3. The molecular weight excluding hydrogens is 186 g/mol. The maximum absolute atomic E-state index is 9.92. The molecule has 1 rings (SSSR count). The summed E-state index contributed by atoms with van der Waals surface area (Å²) >= 11 is 0. The smallest absolute Gasteiger partial charge is 0.107 e. The molecule has 0 spiro atoms. The Labute approximate surface area is 94.7 Å². The van der Waals surface area contributed by atoms with Crippen molar-refractivity contribution in [3.63, 3.8) is 0 Å². The normalized spacial score (nSPS) is 27.8. The summed E-state index contributed by atoms with van der Waals surface area (Å²) in [6.45, 7) is 4.38. The van der Waals surface area contributed by atoms with Crippen molar-refractivity contribution in [3.8, 4) is 0 Å². The van der Waals surface area contributed by atoms with Crippen molar-refractivity contribution < 1.29 is 5.11 Å². The van der Waals surface area contributed by atoms with Crippen molar-refractivity contribution in [3.05, 3.63) is 0 Å². The number of rotatable bonds is 7. The lowest BCUT2D eigenvalue weighted by atomic mass is 9.75. The van der Waals surface area contributed by atoms with Crippen LogP contribution in [-0.2, 0) is 0 Å². The van der Waals surface area contributed by atoms with E-state index in [4.69, 9.17) is 0 Å². The first-order valence-corrected chi connectivity index (χ1v) is 6.60.